The zero-order valence-corrected chi connectivity index (χ0v) is 28.2. The van der Waals surface area contributed by atoms with Gasteiger partial charge in [-0.3, -0.25) is 0 Å². The maximum Gasteiger partial charge on any atom is 0.0651 e. The number of halogens is 4. The highest BCUT2D eigenvalue weighted by Crippen LogP contribution is 2.57. The van der Waals surface area contributed by atoms with Crippen LogP contribution in [0.2, 0.25) is 0 Å². The number of hydrogen-bond acceptors (Lipinski definition) is 4. The summed E-state index contributed by atoms with van der Waals surface area (Å²) in [6.07, 6.45) is 0. The van der Waals surface area contributed by atoms with Gasteiger partial charge in [0.2, 0.25) is 0 Å². The van der Waals surface area contributed by atoms with Crippen molar-refractivity contribution in [2.24, 2.45) is 0 Å². The predicted molar refractivity (Wildman–Crippen MR) is 177 cm³/mol. The minimum atomic E-state index is 1.02. The van der Waals surface area contributed by atoms with Gasteiger partial charge in [0, 0.05) is 31.2 Å². The molecule has 8 heteroatoms. The van der Waals surface area contributed by atoms with Gasteiger partial charge in [-0.1, -0.05) is 55.8 Å². The lowest BCUT2D eigenvalue weighted by atomic mass is 10.1. The molecule has 0 bridgehead atoms. The van der Waals surface area contributed by atoms with Crippen molar-refractivity contribution < 1.29 is 0 Å². The first-order valence-electron chi connectivity index (χ1n) is 10.6. The molecule has 0 aliphatic heterocycles. The van der Waals surface area contributed by atoms with Crippen LogP contribution in [-0.2, 0) is 0 Å². The molecule has 6 rings (SSSR count). The molecule has 0 unspecified atom stereocenters. The number of thiophene rings is 4. The fourth-order valence-electron chi connectivity index (χ4n) is 4.06. The molecule has 0 spiro atoms. The summed E-state index contributed by atoms with van der Waals surface area (Å²) >= 11 is 22.9. The van der Waals surface area contributed by atoms with E-state index in [0.29, 0.717) is 0 Å². The number of rotatable bonds is 2. The van der Waals surface area contributed by atoms with Crippen molar-refractivity contribution in [3.8, 4) is 44.6 Å². The molecule has 36 heavy (non-hydrogen) atoms. The SMILES string of the molecule is CC#Cc1ccc(-c2sc3c(sc4c5sc(-c6ccc(C#CC)cc6Br)c(Br)c5sc34)c2Br)c(Br)c1. The van der Waals surface area contributed by atoms with Crippen LogP contribution in [0.15, 0.2) is 54.3 Å². The van der Waals surface area contributed by atoms with Gasteiger partial charge >= 0.3 is 0 Å². The Bertz CT molecular complexity index is 1830. The van der Waals surface area contributed by atoms with Crippen LogP contribution in [0, 0.1) is 23.7 Å². The summed E-state index contributed by atoms with van der Waals surface area (Å²) in [5.41, 5.74) is 4.41. The molecule has 0 saturated heterocycles. The molecule has 0 saturated carbocycles. The van der Waals surface area contributed by atoms with E-state index in [4.69, 9.17) is 0 Å². The van der Waals surface area contributed by atoms with Crippen molar-refractivity contribution in [3.63, 3.8) is 0 Å². The second kappa shape index (κ2) is 9.98. The van der Waals surface area contributed by atoms with Crippen LogP contribution in [0.3, 0.4) is 0 Å². The minimum Gasteiger partial charge on any atom is -0.131 e. The molecule has 0 radical (unpaired) electrons. The Hall–Kier alpha value is -0.940. The quantitative estimate of drug-likeness (QED) is 0.153. The van der Waals surface area contributed by atoms with Crippen molar-refractivity contribution in [3.05, 3.63) is 65.4 Å². The first-order chi connectivity index (χ1) is 17.4. The van der Waals surface area contributed by atoms with E-state index in [9.17, 15) is 0 Å². The van der Waals surface area contributed by atoms with E-state index < -0.39 is 0 Å². The third-order valence-electron chi connectivity index (χ3n) is 5.61. The Morgan fingerprint density at radius 2 is 0.917 bits per heavy atom. The molecular weight excluding hydrogens is 784 g/mol. The van der Waals surface area contributed by atoms with Crippen LogP contribution >= 0.6 is 109 Å². The summed E-state index contributed by atoms with van der Waals surface area (Å²) in [6.45, 7) is 3.73. The van der Waals surface area contributed by atoms with Crippen LogP contribution in [0.5, 0.6) is 0 Å². The molecule has 2 aromatic carbocycles. The second-order valence-corrected chi connectivity index (χ2v) is 15.2. The Morgan fingerprint density at radius 3 is 1.28 bits per heavy atom. The fraction of sp³-hybridized carbons (Fsp3) is 0.0714. The Balaban J connectivity index is 1.49. The van der Waals surface area contributed by atoms with E-state index in [1.807, 2.05) is 59.2 Å². The van der Waals surface area contributed by atoms with Gasteiger partial charge in [0.15, 0.2) is 0 Å². The average molecular weight is 796 g/mol. The highest BCUT2D eigenvalue weighted by molar-refractivity contribution is 9.11. The van der Waals surface area contributed by atoms with Gasteiger partial charge in [-0.15, -0.1) is 57.2 Å². The highest BCUT2D eigenvalue weighted by atomic mass is 79.9. The van der Waals surface area contributed by atoms with E-state index >= 15 is 0 Å². The molecule has 0 nitrogen and oxygen atoms in total. The van der Waals surface area contributed by atoms with Crippen molar-refractivity contribution in [2.75, 3.05) is 0 Å². The molecular formula is C28H12Br4S4. The standard InChI is InChI=1S/C28H12Br4S4/c1-3-5-13-7-9-15(17(29)11-13)21-19(31)23-25(33-21)27-28(35-23)26-24(36-27)20(32)22(34-26)16-10-8-14(6-4-2)12-18(16)30/h7-12H,1-2H3. The summed E-state index contributed by atoms with van der Waals surface area (Å²) in [5.74, 6) is 12.2. The van der Waals surface area contributed by atoms with Crippen molar-refractivity contribution >= 4 is 137 Å². The Labute approximate surface area is 258 Å². The van der Waals surface area contributed by atoms with E-state index in [1.165, 1.54) is 58.0 Å². The van der Waals surface area contributed by atoms with Crippen molar-refractivity contribution in [1.82, 2.24) is 0 Å². The zero-order chi connectivity index (χ0) is 25.1. The van der Waals surface area contributed by atoms with Crippen LogP contribution in [0.4, 0.5) is 0 Å². The summed E-state index contributed by atoms with van der Waals surface area (Å²) in [5, 5.41) is 0. The first-order valence-corrected chi connectivity index (χ1v) is 17.1. The van der Waals surface area contributed by atoms with Crippen LogP contribution in [0.1, 0.15) is 25.0 Å². The Morgan fingerprint density at radius 1 is 0.528 bits per heavy atom. The maximum absolute atomic E-state index is 3.94. The van der Waals surface area contributed by atoms with E-state index in [0.717, 1.165) is 20.1 Å². The summed E-state index contributed by atoms with van der Waals surface area (Å²) in [6, 6.07) is 12.7. The lowest BCUT2D eigenvalue weighted by Gasteiger charge is -2.04. The molecule has 176 valence electrons. The molecule has 0 fully saturated rings. The third-order valence-corrected chi connectivity index (χ3v) is 15.1. The van der Waals surface area contributed by atoms with E-state index in [1.54, 1.807) is 0 Å². The van der Waals surface area contributed by atoms with Gasteiger partial charge in [0.1, 0.15) is 0 Å². The van der Waals surface area contributed by atoms with Crippen LogP contribution in [-0.4, -0.2) is 0 Å². The van der Waals surface area contributed by atoms with Gasteiger partial charge in [-0.05, 0) is 70.0 Å². The fourth-order valence-corrected chi connectivity index (χ4v) is 13.3. The lowest BCUT2D eigenvalue weighted by Crippen LogP contribution is -1.80. The van der Waals surface area contributed by atoms with Crippen LogP contribution in [0.25, 0.3) is 49.1 Å². The molecule has 0 amide bonds. The maximum atomic E-state index is 3.94. The average Bonchev–Trinajstić information content (AvgIpc) is 3.55. The highest BCUT2D eigenvalue weighted by Gasteiger charge is 2.24. The zero-order valence-electron chi connectivity index (χ0n) is 18.6. The third kappa shape index (κ3) is 4.10. The first kappa shape index (κ1) is 25.3. The summed E-state index contributed by atoms with van der Waals surface area (Å²) in [7, 11) is 0. The monoisotopic (exact) mass is 792 g/mol. The molecule has 4 heterocycles. The molecule has 4 aromatic heterocycles. The smallest absolute Gasteiger partial charge is 0.0651 e. The largest absolute Gasteiger partial charge is 0.131 e. The molecule has 0 atom stereocenters. The van der Waals surface area contributed by atoms with Gasteiger partial charge in [-0.2, -0.15) is 0 Å². The van der Waals surface area contributed by atoms with Gasteiger partial charge in [0.05, 0.1) is 46.9 Å². The van der Waals surface area contributed by atoms with Crippen molar-refractivity contribution in [2.45, 2.75) is 13.8 Å². The molecule has 0 N–H and O–H groups in total. The van der Waals surface area contributed by atoms with Gasteiger partial charge in [0.25, 0.3) is 0 Å². The number of fused-ring (bicyclic) bond motifs is 5. The number of benzene rings is 2. The summed E-state index contributed by atoms with van der Waals surface area (Å²) in [4.78, 5) is 2.49. The molecule has 0 aliphatic rings. The summed E-state index contributed by atoms with van der Waals surface area (Å²) < 4.78 is 12.6. The second-order valence-electron chi connectivity index (χ2n) is 7.81. The van der Waals surface area contributed by atoms with Crippen molar-refractivity contribution in [1.29, 1.82) is 0 Å². The molecule has 6 aromatic rings. The minimum absolute atomic E-state index is 1.02. The Kier molecular flexibility index (Phi) is 7.03. The van der Waals surface area contributed by atoms with E-state index in [-0.39, 0.29) is 0 Å². The van der Waals surface area contributed by atoms with E-state index in [2.05, 4.69) is 124 Å². The lowest BCUT2D eigenvalue weighted by molar-refractivity contribution is 1.59. The molecule has 0 aliphatic carbocycles. The van der Waals surface area contributed by atoms with Gasteiger partial charge in [-0.25, -0.2) is 0 Å². The predicted octanol–water partition coefficient (Wildman–Crippen LogP) is 12.5. The normalized spacial score (nSPS) is 11.2. The van der Waals surface area contributed by atoms with Gasteiger partial charge < -0.3 is 0 Å². The topological polar surface area (TPSA) is 0 Å². The number of hydrogen-bond donors (Lipinski definition) is 0. The van der Waals surface area contributed by atoms with Crippen LogP contribution < -0.4 is 0 Å².